The van der Waals surface area contributed by atoms with E-state index in [-0.39, 0.29) is 18.3 Å². The first-order valence-electron chi connectivity index (χ1n) is 6.85. The molecule has 1 aliphatic heterocycles. The normalized spacial score (nSPS) is 17.9. The molecule has 5 heteroatoms. The highest BCUT2D eigenvalue weighted by Gasteiger charge is 2.29. The van der Waals surface area contributed by atoms with Crippen molar-refractivity contribution in [3.63, 3.8) is 0 Å². The Kier molecular flexibility index (Phi) is 4.60. The van der Waals surface area contributed by atoms with E-state index in [4.69, 9.17) is 4.74 Å². The van der Waals surface area contributed by atoms with Gasteiger partial charge in [0.1, 0.15) is 11.6 Å². The van der Waals surface area contributed by atoms with E-state index in [1.165, 1.54) is 24.3 Å². The molecule has 1 aromatic carbocycles. The molecule has 0 saturated carbocycles. The second kappa shape index (κ2) is 6.22. The van der Waals surface area contributed by atoms with Crippen LogP contribution in [0, 0.1) is 5.82 Å². The number of carbonyl (C=O) groups is 1. The number of likely N-dealkylation sites (tertiary alicyclic amines) is 1. The van der Waals surface area contributed by atoms with Gasteiger partial charge in [-0.05, 0) is 44.0 Å². The average Bonchev–Trinajstić information content (AvgIpc) is 2.41. The summed E-state index contributed by atoms with van der Waals surface area (Å²) in [6.07, 6.45) is 1.51. The topological polar surface area (TPSA) is 49.8 Å². The Morgan fingerprint density at radius 1 is 1.35 bits per heavy atom. The lowest BCUT2D eigenvalue weighted by atomic mass is 9.94. The predicted molar refractivity (Wildman–Crippen MR) is 72.9 cm³/mol. The van der Waals surface area contributed by atoms with E-state index in [9.17, 15) is 14.3 Å². The summed E-state index contributed by atoms with van der Waals surface area (Å²) < 4.78 is 18.1. The van der Waals surface area contributed by atoms with Crippen molar-refractivity contribution in [3.05, 3.63) is 30.1 Å². The van der Waals surface area contributed by atoms with Gasteiger partial charge in [0.2, 0.25) is 5.91 Å². The molecule has 0 spiro atoms. The smallest absolute Gasteiger partial charge is 0.226 e. The lowest BCUT2D eigenvalue weighted by Crippen LogP contribution is -2.45. The number of aliphatic hydroxyl groups is 1. The summed E-state index contributed by atoms with van der Waals surface area (Å²) in [7, 11) is 0. The van der Waals surface area contributed by atoms with Gasteiger partial charge < -0.3 is 14.7 Å². The quantitative estimate of drug-likeness (QED) is 0.918. The standard InChI is InChI=1S/C15H20FNO3/c1-15(19)7-9-17(10-8-15)14(18)6-11-20-13-4-2-12(16)3-5-13/h2-5,19H,6-11H2,1H3. The Morgan fingerprint density at radius 3 is 2.55 bits per heavy atom. The maximum absolute atomic E-state index is 12.7. The molecule has 20 heavy (non-hydrogen) atoms. The number of piperidine rings is 1. The van der Waals surface area contributed by atoms with Gasteiger partial charge in [-0.1, -0.05) is 0 Å². The van der Waals surface area contributed by atoms with E-state index < -0.39 is 5.60 Å². The van der Waals surface area contributed by atoms with Gasteiger partial charge in [0, 0.05) is 13.1 Å². The SMILES string of the molecule is CC1(O)CCN(C(=O)CCOc2ccc(F)cc2)CC1. The summed E-state index contributed by atoms with van der Waals surface area (Å²) in [5.41, 5.74) is -0.651. The minimum atomic E-state index is -0.651. The number of hydrogen-bond acceptors (Lipinski definition) is 3. The van der Waals surface area contributed by atoms with Crippen LogP contribution in [-0.4, -0.2) is 41.2 Å². The van der Waals surface area contributed by atoms with Gasteiger partial charge in [0.25, 0.3) is 0 Å². The molecule has 1 heterocycles. The number of carbonyl (C=O) groups excluding carboxylic acids is 1. The Bertz CT molecular complexity index is 449. The van der Waals surface area contributed by atoms with E-state index in [0.29, 0.717) is 38.1 Å². The highest BCUT2D eigenvalue weighted by molar-refractivity contribution is 5.76. The van der Waals surface area contributed by atoms with Crippen molar-refractivity contribution in [2.45, 2.75) is 31.8 Å². The fraction of sp³-hybridized carbons (Fsp3) is 0.533. The molecule has 1 aromatic rings. The van der Waals surface area contributed by atoms with E-state index in [1.54, 1.807) is 11.8 Å². The van der Waals surface area contributed by atoms with E-state index in [1.807, 2.05) is 0 Å². The van der Waals surface area contributed by atoms with Crippen LogP contribution in [0.3, 0.4) is 0 Å². The largest absolute Gasteiger partial charge is 0.493 e. The molecular weight excluding hydrogens is 261 g/mol. The Balaban J connectivity index is 1.71. The van der Waals surface area contributed by atoms with Gasteiger partial charge in [-0.2, -0.15) is 0 Å². The van der Waals surface area contributed by atoms with Crippen molar-refractivity contribution < 1.29 is 19.0 Å². The summed E-state index contributed by atoms with van der Waals surface area (Å²) in [4.78, 5) is 13.7. The van der Waals surface area contributed by atoms with Crippen LogP contribution in [-0.2, 0) is 4.79 Å². The van der Waals surface area contributed by atoms with Crippen molar-refractivity contribution in [2.24, 2.45) is 0 Å². The maximum Gasteiger partial charge on any atom is 0.226 e. The van der Waals surface area contributed by atoms with Crippen LogP contribution in [0.5, 0.6) is 5.75 Å². The monoisotopic (exact) mass is 281 g/mol. The minimum absolute atomic E-state index is 0.0302. The lowest BCUT2D eigenvalue weighted by Gasteiger charge is -2.35. The van der Waals surface area contributed by atoms with Gasteiger partial charge in [0.05, 0.1) is 18.6 Å². The van der Waals surface area contributed by atoms with Crippen molar-refractivity contribution in [2.75, 3.05) is 19.7 Å². The molecule has 2 rings (SSSR count). The number of ether oxygens (including phenoxy) is 1. The molecule has 1 N–H and O–H groups in total. The molecule has 1 aliphatic rings. The zero-order valence-electron chi connectivity index (χ0n) is 11.6. The number of rotatable bonds is 4. The van der Waals surface area contributed by atoms with Crippen molar-refractivity contribution in [1.29, 1.82) is 0 Å². The molecule has 0 aromatic heterocycles. The molecule has 0 bridgehead atoms. The molecule has 4 nitrogen and oxygen atoms in total. The Hall–Kier alpha value is -1.62. The first-order chi connectivity index (χ1) is 9.46. The number of benzene rings is 1. The Morgan fingerprint density at radius 2 is 1.95 bits per heavy atom. The zero-order valence-corrected chi connectivity index (χ0v) is 11.6. The number of hydrogen-bond donors (Lipinski definition) is 1. The highest BCUT2D eigenvalue weighted by atomic mass is 19.1. The minimum Gasteiger partial charge on any atom is -0.493 e. The van der Waals surface area contributed by atoms with Crippen LogP contribution in [0.2, 0.25) is 0 Å². The lowest BCUT2D eigenvalue weighted by molar-refractivity contribution is -0.135. The fourth-order valence-corrected chi connectivity index (χ4v) is 2.18. The van der Waals surface area contributed by atoms with Crippen LogP contribution in [0.15, 0.2) is 24.3 Å². The number of halogens is 1. The average molecular weight is 281 g/mol. The van der Waals surface area contributed by atoms with Gasteiger partial charge >= 0.3 is 0 Å². The summed E-state index contributed by atoms with van der Waals surface area (Å²) in [5, 5.41) is 9.83. The molecule has 1 fully saturated rings. The third-order valence-electron chi connectivity index (χ3n) is 3.59. The van der Waals surface area contributed by atoms with Crippen LogP contribution in [0.1, 0.15) is 26.2 Å². The van der Waals surface area contributed by atoms with Gasteiger partial charge in [0.15, 0.2) is 0 Å². The summed E-state index contributed by atoms with van der Waals surface area (Å²) in [6.45, 7) is 3.24. The van der Waals surface area contributed by atoms with Crippen molar-refractivity contribution in [3.8, 4) is 5.75 Å². The summed E-state index contributed by atoms with van der Waals surface area (Å²) in [5.74, 6) is 0.275. The second-order valence-corrected chi connectivity index (χ2v) is 5.43. The number of amides is 1. The van der Waals surface area contributed by atoms with E-state index in [0.717, 1.165) is 0 Å². The molecule has 0 atom stereocenters. The molecule has 0 radical (unpaired) electrons. The third kappa shape index (κ3) is 4.20. The molecule has 1 saturated heterocycles. The van der Waals surface area contributed by atoms with Crippen LogP contribution >= 0.6 is 0 Å². The second-order valence-electron chi connectivity index (χ2n) is 5.43. The molecular formula is C15H20FNO3. The van der Waals surface area contributed by atoms with Crippen molar-refractivity contribution in [1.82, 2.24) is 4.90 Å². The first kappa shape index (κ1) is 14.8. The van der Waals surface area contributed by atoms with Crippen molar-refractivity contribution >= 4 is 5.91 Å². The van der Waals surface area contributed by atoms with Gasteiger partial charge in [-0.15, -0.1) is 0 Å². The highest BCUT2D eigenvalue weighted by Crippen LogP contribution is 2.21. The predicted octanol–water partition coefficient (Wildman–Crippen LogP) is 1.97. The Labute approximate surface area is 118 Å². The zero-order chi connectivity index (χ0) is 14.6. The van der Waals surface area contributed by atoms with E-state index >= 15 is 0 Å². The molecule has 0 unspecified atom stereocenters. The van der Waals surface area contributed by atoms with Gasteiger partial charge in [-0.3, -0.25) is 4.79 Å². The fourth-order valence-electron chi connectivity index (χ4n) is 2.18. The summed E-state index contributed by atoms with van der Waals surface area (Å²) in [6, 6.07) is 5.73. The van der Waals surface area contributed by atoms with E-state index in [2.05, 4.69) is 0 Å². The third-order valence-corrected chi connectivity index (χ3v) is 3.59. The van der Waals surface area contributed by atoms with Crippen LogP contribution in [0.25, 0.3) is 0 Å². The first-order valence-corrected chi connectivity index (χ1v) is 6.85. The van der Waals surface area contributed by atoms with Crippen LogP contribution < -0.4 is 4.74 Å². The van der Waals surface area contributed by atoms with Crippen LogP contribution in [0.4, 0.5) is 4.39 Å². The van der Waals surface area contributed by atoms with Gasteiger partial charge in [-0.25, -0.2) is 4.39 Å². The maximum atomic E-state index is 12.7. The molecule has 0 aliphatic carbocycles. The summed E-state index contributed by atoms with van der Waals surface area (Å²) >= 11 is 0. The molecule has 110 valence electrons. The number of nitrogens with zero attached hydrogens (tertiary/aromatic N) is 1. The molecule has 1 amide bonds.